The van der Waals surface area contributed by atoms with Crippen molar-refractivity contribution < 1.29 is 51.0 Å². The zero-order valence-corrected chi connectivity index (χ0v) is 8.04. The molecule has 17 valence electrons. The van der Waals surface area contributed by atoms with Crippen LogP contribution in [-0.2, 0) is 51.0 Å². The van der Waals surface area contributed by atoms with Gasteiger partial charge in [-0.05, 0) is 0 Å². The predicted octanol–water partition coefficient (Wildman–Crippen LogP) is -0.505. The monoisotopic (exact) mass is 297 g/mol. The first-order chi connectivity index (χ1) is 2.00. The van der Waals surface area contributed by atoms with Crippen molar-refractivity contribution in [3.05, 3.63) is 0 Å². The summed E-state index contributed by atoms with van der Waals surface area (Å²) in [5.74, 6) is 0. The normalized spacial score (nSPS) is 2.75. The molecule has 0 aliphatic rings. The van der Waals surface area contributed by atoms with Crippen LogP contribution in [0, 0.1) is 0 Å². The molecule has 0 fully saturated rings. The maximum atomic E-state index is 8.34. The van der Waals surface area contributed by atoms with E-state index in [4.69, 9.17) is 2.81 Å². The molecule has 0 radical (unpaired) electrons. The fourth-order valence-corrected chi connectivity index (χ4v) is 0. The third-order valence-corrected chi connectivity index (χ3v) is 0. The van der Waals surface area contributed by atoms with E-state index in [0.717, 1.165) is 23.4 Å². The molecule has 0 saturated carbocycles. The number of hydrogen-bond donors (Lipinski definition) is 0. The molecule has 0 aromatic rings. The van der Waals surface area contributed by atoms with Crippen molar-refractivity contribution in [2.75, 3.05) is 0 Å². The first kappa shape index (κ1) is 9.15. The van der Waals surface area contributed by atoms with E-state index in [1.54, 1.807) is 0 Å². The van der Waals surface area contributed by atoms with Gasteiger partial charge in [-0.2, -0.15) is 0 Å². The van der Waals surface area contributed by atoms with Crippen LogP contribution in [0.1, 0.15) is 0 Å². The average molecular weight is 297 g/mol. The summed E-state index contributed by atoms with van der Waals surface area (Å²) in [6, 6.07) is 0. The van der Waals surface area contributed by atoms with E-state index in [1.807, 2.05) is 0 Å². The van der Waals surface area contributed by atoms with Crippen molar-refractivity contribution >= 4 is 4.78 Å². The van der Waals surface area contributed by atoms with E-state index in [9.17, 15) is 0 Å². The van der Waals surface area contributed by atoms with Crippen molar-refractivity contribution in [3.8, 4) is 0 Å². The molecule has 0 saturated heterocycles. The Morgan fingerprint density at radius 3 is 1.50 bits per heavy atom. The van der Waals surface area contributed by atoms with Gasteiger partial charge in [0, 0.05) is 0 Å². The Labute approximate surface area is 55.1 Å². The van der Waals surface area contributed by atoms with Gasteiger partial charge in [0.15, 0.2) is 0 Å². The zero-order chi connectivity index (χ0) is 4.00. The summed E-state index contributed by atoms with van der Waals surface area (Å²) in [6.45, 7) is 0. The molecule has 4 heavy (non-hydrogen) atoms. The summed E-state index contributed by atoms with van der Waals surface area (Å²) in [5, 5.41) is 0. The molecule has 0 aliphatic carbocycles. The van der Waals surface area contributed by atoms with Crippen molar-refractivity contribution in [1.82, 2.24) is 0 Å². The molecule has 0 unspecified atom stereocenters. The summed E-state index contributed by atoms with van der Waals surface area (Å²) in [4.78, 5) is 0. The summed E-state index contributed by atoms with van der Waals surface area (Å²) in [7, 11) is 0. The molecule has 0 aliphatic heterocycles. The first-order valence-corrected chi connectivity index (χ1v) is 3.57. The standard InChI is InChI=1S/B.Hf.O.Zr. The maximum absolute atomic E-state index is 8.34. The van der Waals surface area contributed by atoms with Gasteiger partial charge in [-0.25, -0.2) is 0 Å². The summed E-state index contributed by atoms with van der Waals surface area (Å²) in [5.41, 5.74) is 0. The molecular formula is BHfOZr. The Kier molecular flexibility index (Phi) is 52.8. The number of rotatable bonds is 0. The Bertz CT molecular complexity index is 19.2. The van der Waals surface area contributed by atoms with Gasteiger partial charge in [0.05, 0.1) is 0 Å². The van der Waals surface area contributed by atoms with Crippen LogP contribution < -0.4 is 0 Å². The van der Waals surface area contributed by atoms with Crippen molar-refractivity contribution in [1.29, 1.82) is 0 Å². The Morgan fingerprint density at radius 1 is 1.50 bits per heavy atom. The second-order valence-corrected chi connectivity index (χ2v) is 0. The van der Waals surface area contributed by atoms with Crippen molar-refractivity contribution in [2.45, 2.75) is 0 Å². The van der Waals surface area contributed by atoms with Gasteiger partial charge in [0.1, 0.15) is 0 Å². The van der Waals surface area contributed by atoms with E-state index in [1.165, 1.54) is 0 Å². The van der Waals surface area contributed by atoms with Crippen LogP contribution >= 0.6 is 0 Å². The Balaban J connectivity index is 0. The van der Waals surface area contributed by atoms with Gasteiger partial charge < -0.3 is 0 Å². The molecule has 0 bridgehead atoms. The molecule has 0 rings (SSSR count). The molecular weight excluding hydrogens is 297 g/mol. The van der Waals surface area contributed by atoms with Crippen LogP contribution in [-0.4, -0.2) is 4.78 Å². The molecule has 0 spiro atoms. The second-order valence-electron chi connectivity index (χ2n) is 0. The van der Waals surface area contributed by atoms with Crippen LogP contribution in [0.2, 0.25) is 0 Å². The van der Waals surface area contributed by atoms with Gasteiger partial charge in [-0.3, -0.25) is 0 Å². The third-order valence-electron chi connectivity index (χ3n) is 0. The molecule has 1 nitrogen and oxygen atoms in total. The average Bonchev–Trinajstić information content (AvgIpc) is 1.50. The second kappa shape index (κ2) is 23.1. The fourth-order valence-electron chi connectivity index (χ4n) is 0. The van der Waals surface area contributed by atoms with Gasteiger partial charge in [0.25, 0.3) is 0 Å². The molecule has 4 heteroatoms. The van der Waals surface area contributed by atoms with Gasteiger partial charge in [-0.1, -0.05) is 0 Å². The zero-order valence-electron chi connectivity index (χ0n) is 1.99. The molecule has 0 heterocycles. The van der Waals surface area contributed by atoms with Crippen LogP contribution in [0.25, 0.3) is 0 Å². The third kappa shape index (κ3) is 9.47. The van der Waals surface area contributed by atoms with Crippen LogP contribution in [0.4, 0.5) is 0 Å². The van der Waals surface area contributed by atoms with E-state index in [-0.39, 0.29) is 0 Å². The minimum atomic E-state index is 0.300. The summed E-state index contributed by atoms with van der Waals surface area (Å²) in [6.07, 6.45) is 0. The van der Waals surface area contributed by atoms with Crippen molar-refractivity contribution in [2.24, 2.45) is 0 Å². The first-order valence-electron chi connectivity index (χ1n) is 0.493. The topological polar surface area (TPSA) is 17.1 Å². The molecule has 0 N–H and O–H groups in total. The van der Waals surface area contributed by atoms with Crippen molar-refractivity contribution in [3.63, 3.8) is 0 Å². The van der Waals surface area contributed by atoms with Crippen LogP contribution in [0.3, 0.4) is 0 Å². The van der Waals surface area contributed by atoms with E-state index >= 15 is 0 Å². The van der Waals surface area contributed by atoms with Gasteiger partial charge in [-0.15, -0.1) is 0 Å². The van der Waals surface area contributed by atoms with Gasteiger partial charge in [0.2, 0.25) is 0 Å². The summed E-state index contributed by atoms with van der Waals surface area (Å²) >= 11 is 1.11. The SMILES string of the molecule is [B]#[Hf].[O]=[Zr]. The minimum absolute atomic E-state index is 0.300. The quantitative estimate of drug-likeness (QED) is 0.551. The van der Waals surface area contributed by atoms with E-state index < -0.39 is 0 Å². The predicted molar refractivity (Wildman–Crippen MR) is 6.44 cm³/mol. The molecule has 0 atom stereocenters. The molecule has 0 amide bonds. The van der Waals surface area contributed by atoms with Crippen LogP contribution in [0.5, 0.6) is 0 Å². The van der Waals surface area contributed by atoms with Crippen LogP contribution in [0.15, 0.2) is 0 Å². The molecule has 0 aromatic carbocycles. The summed E-state index contributed by atoms with van der Waals surface area (Å²) < 4.78 is 13.0. The number of hydrogen-bond acceptors (Lipinski definition) is 1. The van der Waals surface area contributed by atoms with E-state index in [0.29, 0.717) is 24.7 Å². The molecule has 0 aromatic heterocycles. The fraction of sp³-hybridized carbons (Fsp3) is 0. The van der Waals surface area contributed by atoms with Gasteiger partial charge >= 0.3 is 55.7 Å². The Hall–Kier alpha value is 1.62. The Morgan fingerprint density at radius 2 is 1.50 bits per heavy atom. The van der Waals surface area contributed by atoms with E-state index in [2.05, 4.69) is 4.78 Å².